The summed E-state index contributed by atoms with van der Waals surface area (Å²) in [7, 11) is -10.7. The fraction of sp³-hybridized carbons (Fsp3) is 0.731. The van der Waals surface area contributed by atoms with Crippen LogP contribution in [0.5, 0.6) is 0 Å². The number of allylic oxidation sites excluding steroid dienone is 11. The van der Waals surface area contributed by atoms with E-state index in [0.717, 1.165) is 83.5 Å². The summed E-state index contributed by atoms with van der Waals surface area (Å²) in [5, 5.41) is 41.3. The van der Waals surface area contributed by atoms with Crippen molar-refractivity contribution in [2.45, 2.75) is 229 Å². The number of aliphatic hydroxyl groups is 4. The number of ether oxygens (including phenoxy) is 3. The Hall–Kier alpha value is -2.60. The number of carbonyl (C=O) groups excluding carboxylic acids is 2. The number of carbonyl (C=O) groups is 2. The molecule has 408 valence electrons. The summed E-state index contributed by atoms with van der Waals surface area (Å²) in [6.45, 7) is 3.01. The Morgan fingerprint density at radius 3 is 1.58 bits per heavy atom. The van der Waals surface area contributed by atoms with Crippen LogP contribution in [-0.4, -0.2) is 115 Å². The molecule has 7 N–H and O–H groups in total. The van der Waals surface area contributed by atoms with E-state index in [0.29, 0.717) is 31.5 Å². The van der Waals surface area contributed by atoms with Crippen LogP contribution < -0.4 is 0 Å². The number of hydrogen-bond donors (Lipinski definition) is 7. The molecule has 0 bridgehead atoms. The maximum absolute atomic E-state index is 13.0. The van der Waals surface area contributed by atoms with E-state index in [2.05, 4.69) is 79.1 Å². The molecule has 0 aromatic heterocycles. The molecule has 0 spiro atoms. The van der Waals surface area contributed by atoms with Gasteiger partial charge in [-0.15, -0.1) is 0 Å². The predicted molar refractivity (Wildman–Crippen MR) is 273 cm³/mol. The molecule has 0 aromatic rings. The van der Waals surface area contributed by atoms with Crippen molar-refractivity contribution in [2.75, 3.05) is 13.2 Å². The van der Waals surface area contributed by atoms with Crippen LogP contribution in [0.3, 0.4) is 0 Å². The van der Waals surface area contributed by atoms with Crippen LogP contribution in [0, 0.1) is 0 Å². The van der Waals surface area contributed by atoms with Gasteiger partial charge in [-0.2, -0.15) is 0 Å². The SMILES string of the molecule is CCCCCC/C=C\C/C=C\C/C=C\CCCCCCCCC(=O)OC[C@H](COP(=O)(O)O[C@H]1C(O)C(O)C(O)[C@@H](OP(=O)(O)O)C1O)OC(=O)CCC/C=C\C/C=C\C/C=C\CC1OC1CCCCC. The summed E-state index contributed by atoms with van der Waals surface area (Å²) in [6, 6.07) is 0. The number of hydrogen-bond acceptors (Lipinski definition) is 14. The molecule has 1 saturated carbocycles. The minimum atomic E-state index is -5.38. The van der Waals surface area contributed by atoms with E-state index >= 15 is 0 Å². The van der Waals surface area contributed by atoms with Crippen molar-refractivity contribution in [1.82, 2.24) is 0 Å². The zero-order valence-electron chi connectivity index (χ0n) is 42.3. The van der Waals surface area contributed by atoms with Crippen molar-refractivity contribution in [3.63, 3.8) is 0 Å². The van der Waals surface area contributed by atoms with E-state index in [1.807, 2.05) is 12.2 Å². The van der Waals surface area contributed by atoms with Gasteiger partial charge in [0.15, 0.2) is 6.10 Å². The molecule has 2 aliphatic rings. The van der Waals surface area contributed by atoms with Gasteiger partial charge < -0.3 is 49.3 Å². The fourth-order valence-electron chi connectivity index (χ4n) is 7.77. The molecule has 2 fully saturated rings. The smallest absolute Gasteiger partial charge is 0.462 e. The van der Waals surface area contributed by atoms with E-state index < -0.39 is 83.5 Å². The van der Waals surface area contributed by atoms with E-state index in [-0.39, 0.29) is 12.8 Å². The lowest BCUT2D eigenvalue weighted by Gasteiger charge is -2.43. The van der Waals surface area contributed by atoms with Crippen molar-refractivity contribution in [3.8, 4) is 0 Å². The maximum Gasteiger partial charge on any atom is 0.472 e. The van der Waals surface area contributed by atoms with Crippen molar-refractivity contribution < 1.29 is 81.6 Å². The lowest BCUT2D eigenvalue weighted by Crippen LogP contribution is -2.64. The van der Waals surface area contributed by atoms with Gasteiger partial charge in [0.1, 0.15) is 43.2 Å². The minimum absolute atomic E-state index is 0.0421. The zero-order valence-corrected chi connectivity index (χ0v) is 44.1. The molecule has 1 saturated heterocycles. The standard InChI is InChI=1S/C52H88O17P2/c1-3-5-7-8-9-10-11-12-13-14-15-16-17-18-19-20-24-27-30-34-38-45(53)64-40-42(41-65-71(62,63)69-52-49(57)47(55)48(56)51(50(52)58)68-70(59,60)61)66-46(54)39-35-31-28-25-22-21-23-26-29-33-37-44-43(67-44)36-32-6-4-2/h10-11,13-14,16-17,21,23,25,28-29,33,42-44,47-52,55-58H,3-9,12,15,18-20,22,24,26-27,30-32,34-41H2,1-2H3,(H,62,63)(H2,59,60,61)/b11-10-,14-13-,17-16-,23-21-,28-25-,33-29-/t42-,43?,44?,47?,48?,49?,50?,51-,52+/m1/s1. The summed E-state index contributed by atoms with van der Waals surface area (Å²) in [5.41, 5.74) is 0. The molecule has 0 amide bonds. The molecule has 7 unspecified atom stereocenters. The largest absolute Gasteiger partial charge is 0.472 e. The van der Waals surface area contributed by atoms with E-state index in [4.69, 9.17) is 23.3 Å². The van der Waals surface area contributed by atoms with Gasteiger partial charge in [0.25, 0.3) is 0 Å². The Labute approximate surface area is 423 Å². The number of phosphoric ester groups is 2. The van der Waals surface area contributed by atoms with Gasteiger partial charge in [0.05, 0.1) is 18.8 Å². The third kappa shape index (κ3) is 32.3. The number of epoxide rings is 1. The first-order valence-electron chi connectivity index (χ1n) is 26.1. The third-order valence-corrected chi connectivity index (χ3v) is 13.4. The highest BCUT2D eigenvalue weighted by atomic mass is 31.2. The average Bonchev–Trinajstić information content (AvgIpc) is 4.09. The van der Waals surface area contributed by atoms with Gasteiger partial charge in [-0.3, -0.25) is 23.2 Å². The van der Waals surface area contributed by atoms with Crippen molar-refractivity contribution in [2.24, 2.45) is 0 Å². The van der Waals surface area contributed by atoms with Crippen LogP contribution in [0.4, 0.5) is 0 Å². The highest BCUT2D eigenvalue weighted by Crippen LogP contribution is 2.49. The normalized spacial score (nSPS) is 24.3. The molecular formula is C52H88O17P2. The number of phosphoric acid groups is 2. The second-order valence-corrected chi connectivity index (χ2v) is 20.9. The van der Waals surface area contributed by atoms with Crippen LogP contribution in [0.1, 0.15) is 174 Å². The third-order valence-electron chi connectivity index (χ3n) is 11.9. The lowest BCUT2D eigenvalue weighted by molar-refractivity contribution is -0.216. The second-order valence-electron chi connectivity index (χ2n) is 18.3. The molecule has 1 aliphatic heterocycles. The lowest BCUT2D eigenvalue weighted by atomic mass is 9.85. The molecule has 1 aliphatic carbocycles. The van der Waals surface area contributed by atoms with Crippen LogP contribution >= 0.6 is 15.6 Å². The Balaban J connectivity index is 1.78. The Bertz CT molecular complexity index is 1710. The van der Waals surface area contributed by atoms with E-state index in [1.165, 1.54) is 44.9 Å². The summed E-state index contributed by atoms with van der Waals surface area (Å²) in [6.07, 6.45) is 34.5. The molecule has 19 heteroatoms. The van der Waals surface area contributed by atoms with Crippen LogP contribution in [0.15, 0.2) is 72.9 Å². The molecular weight excluding hydrogens is 959 g/mol. The van der Waals surface area contributed by atoms with Gasteiger partial charge >= 0.3 is 27.6 Å². The molecule has 0 radical (unpaired) electrons. The van der Waals surface area contributed by atoms with Gasteiger partial charge in [0, 0.05) is 12.8 Å². The molecule has 71 heavy (non-hydrogen) atoms. The highest BCUT2D eigenvalue weighted by Gasteiger charge is 2.54. The minimum Gasteiger partial charge on any atom is -0.462 e. The molecule has 0 aromatic carbocycles. The molecule has 17 nitrogen and oxygen atoms in total. The zero-order chi connectivity index (χ0) is 52.2. The number of unbranched alkanes of at least 4 members (excludes halogenated alkanes) is 13. The van der Waals surface area contributed by atoms with Crippen molar-refractivity contribution in [1.29, 1.82) is 0 Å². The first-order chi connectivity index (χ1) is 34.1. The number of esters is 2. The van der Waals surface area contributed by atoms with Gasteiger partial charge in [0.2, 0.25) is 0 Å². The first kappa shape index (κ1) is 64.5. The Morgan fingerprint density at radius 1 is 0.521 bits per heavy atom. The number of aliphatic hydroxyl groups excluding tert-OH is 4. The fourth-order valence-corrected chi connectivity index (χ4v) is 9.31. The first-order valence-corrected chi connectivity index (χ1v) is 29.1. The van der Waals surface area contributed by atoms with Crippen LogP contribution in [0.2, 0.25) is 0 Å². The summed E-state index contributed by atoms with van der Waals surface area (Å²) in [4.78, 5) is 54.4. The predicted octanol–water partition coefficient (Wildman–Crippen LogP) is 9.78. The highest BCUT2D eigenvalue weighted by molar-refractivity contribution is 7.47. The monoisotopic (exact) mass is 1050 g/mol. The van der Waals surface area contributed by atoms with Gasteiger partial charge in [-0.1, -0.05) is 151 Å². The molecule has 10 atom stereocenters. The summed E-state index contributed by atoms with van der Waals surface area (Å²) >= 11 is 0. The number of rotatable bonds is 42. The van der Waals surface area contributed by atoms with Crippen LogP contribution in [0.25, 0.3) is 0 Å². The van der Waals surface area contributed by atoms with E-state index in [1.54, 1.807) is 0 Å². The summed E-state index contributed by atoms with van der Waals surface area (Å²) < 4.78 is 55.2. The molecule has 1 heterocycles. The van der Waals surface area contributed by atoms with Crippen molar-refractivity contribution in [3.05, 3.63) is 72.9 Å². The van der Waals surface area contributed by atoms with Gasteiger partial charge in [-0.25, -0.2) is 9.13 Å². The van der Waals surface area contributed by atoms with E-state index in [9.17, 15) is 53.8 Å². The Morgan fingerprint density at radius 2 is 1.00 bits per heavy atom. The molecule has 2 rings (SSSR count). The quantitative estimate of drug-likeness (QED) is 0.00985. The van der Waals surface area contributed by atoms with Gasteiger partial charge in [-0.05, 0) is 83.5 Å². The van der Waals surface area contributed by atoms with Crippen LogP contribution in [-0.2, 0) is 46.5 Å². The average molecular weight is 1050 g/mol. The van der Waals surface area contributed by atoms with Crippen molar-refractivity contribution >= 4 is 27.6 Å². The second kappa shape index (κ2) is 38.9. The topological polar surface area (TPSA) is 269 Å². The summed E-state index contributed by atoms with van der Waals surface area (Å²) in [5.74, 6) is -1.29. The maximum atomic E-state index is 13.0. The Kier molecular flexibility index (Phi) is 35.3.